The molecule has 3 unspecified atom stereocenters. The molecule has 1 aromatic carbocycles. The first-order valence-corrected chi connectivity index (χ1v) is 10.8. The molecule has 1 aromatic rings. The van der Waals surface area contributed by atoms with Gasteiger partial charge in [-0.15, -0.1) is 0 Å². The molecule has 0 spiro atoms. The third-order valence-electron chi connectivity index (χ3n) is 5.79. The van der Waals surface area contributed by atoms with Gasteiger partial charge in [0.05, 0.1) is 6.04 Å². The first-order chi connectivity index (χ1) is 14.7. The van der Waals surface area contributed by atoms with E-state index in [2.05, 4.69) is 5.32 Å². The van der Waals surface area contributed by atoms with Crippen molar-refractivity contribution < 1.29 is 24.2 Å². The summed E-state index contributed by atoms with van der Waals surface area (Å²) in [6.07, 6.45) is 1.58. The van der Waals surface area contributed by atoms with Gasteiger partial charge in [-0.25, -0.2) is 4.79 Å². The Labute approximate surface area is 191 Å². The highest BCUT2D eigenvalue weighted by Crippen LogP contribution is 2.28. The van der Waals surface area contributed by atoms with E-state index in [4.69, 9.17) is 4.74 Å². The largest absolute Gasteiger partial charge is 0.478 e. The summed E-state index contributed by atoms with van der Waals surface area (Å²) in [4.78, 5) is 39.8. The van der Waals surface area contributed by atoms with Gasteiger partial charge in [0, 0.05) is 19.7 Å². The summed E-state index contributed by atoms with van der Waals surface area (Å²) in [5.41, 5.74) is -1.04. The summed E-state index contributed by atoms with van der Waals surface area (Å²) < 4.78 is 5.59. The van der Waals surface area contributed by atoms with E-state index in [0.29, 0.717) is 5.56 Å². The van der Waals surface area contributed by atoms with E-state index in [0.717, 1.165) is 0 Å². The van der Waals surface area contributed by atoms with Gasteiger partial charge in [-0.2, -0.15) is 0 Å². The smallest absolute Gasteiger partial charge is 0.331 e. The van der Waals surface area contributed by atoms with Crippen LogP contribution in [0.5, 0.6) is 0 Å². The third kappa shape index (κ3) is 6.42. The molecule has 2 amide bonds. The van der Waals surface area contributed by atoms with Crippen molar-refractivity contribution in [3.05, 3.63) is 47.5 Å². The average molecular weight is 447 g/mol. The topological polar surface area (TPSA) is 95.9 Å². The maximum Gasteiger partial charge on any atom is 0.331 e. The van der Waals surface area contributed by atoms with Crippen LogP contribution in [0.25, 0.3) is 0 Å². The quantitative estimate of drug-likeness (QED) is 0.565. The number of rotatable bonds is 9. The maximum absolute atomic E-state index is 13.6. The second-order valence-electron chi connectivity index (χ2n) is 9.71. The van der Waals surface area contributed by atoms with E-state index in [1.165, 1.54) is 18.9 Å². The number of carbonyl (C=O) groups is 3. The second kappa shape index (κ2) is 10.8. The van der Waals surface area contributed by atoms with Crippen LogP contribution in [-0.4, -0.2) is 54.0 Å². The minimum atomic E-state index is -1.28. The Morgan fingerprint density at radius 2 is 1.62 bits per heavy atom. The zero-order chi connectivity index (χ0) is 24.9. The lowest BCUT2D eigenvalue weighted by atomic mass is 9.84. The molecule has 0 radical (unpaired) electrons. The predicted molar refractivity (Wildman–Crippen MR) is 125 cm³/mol. The molecular formula is C25H38N2O5. The van der Waals surface area contributed by atoms with E-state index in [1.807, 2.05) is 52.8 Å². The first kappa shape index (κ1) is 27.4. The number of likely N-dealkylation sites (N-methyl/N-ethyl adjacent to an activating group) is 1. The van der Waals surface area contributed by atoms with Gasteiger partial charge in [-0.3, -0.25) is 9.59 Å². The molecule has 2 N–H and O–H groups in total. The fourth-order valence-electron chi connectivity index (χ4n) is 3.44. The monoisotopic (exact) mass is 446 g/mol. The van der Waals surface area contributed by atoms with Crippen LogP contribution in [0.2, 0.25) is 0 Å². The number of hydrogen-bond acceptors (Lipinski definition) is 4. The molecule has 7 nitrogen and oxygen atoms in total. The van der Waals surface area contributed by atoms with Crippen LogP contribution in [0.4, 0.5) is 0 Å². The average Bonchev–Trinajstić information content (AvgIpc) is 2.73. The SMILES string of the molecule is COC(C)(C(=O)NC(C(=O)N(C)C(/C=C(\C)C(=O)O)C(C)C)C(C)(C)C)c1ccccc1. The van der Waals surface area contributed by atoms with E-state index in [9.17, 15) is 19.5 Å². The van der Waals surface area contributed by atoms with Gasteiger partial charge in [0.1, 0.15) is 6.04 Å². The number of carbonyl (C=O) groups excluding carboxylic acids is 2. The van der Waals surface area contributed by atoms with Crippen LogP contribution >= 0.6 is 0 Å². The molecule has 7 heteroatoms. The normalized spacial score (nSPS) is 16.1. The lowest BCUT2D eigenvalue weighted by Gasteiger charge is -2.39. The standard InChI is InChI=1S/C25H38N2O5/c1-16(2)19(15-17(3)22(29)30)27(8)21(28)20(24(4,5)6)26-23(31)25(7,32-9)18-13-11-10-12-14-18/h10-16,19-20H,1-9H3,(H,26,31)(H,29,30)/b17-15+. The highest BCUT2D eigenvalue weighted by molar-refractivity contribution is 5.92. The summed E-state index contributed by atoms with van der Waals surface area (Å²) in [5.74, 6) is -1.78. The molecule has 0 fully saturated rings. The predicted octanol–water partition coefficient (Wildman–Crippen LogP) is 3.59. The summed E-state index contributed by atoms with van der Waals surface area (Å²) in [7, 11) is 3.09. The number of amides is 2. The fourth-order valence-corrected chi connectivity index (χ4v) is 3.44. The van der Waals surface area contributed by atoms with Crippen molar-refractivity contribution in [1.29, 1.82) is 0 Å². The number of nitrogens with one attached hydrogen (secondary N) is 1. The zero-order valence-corrected chi connectivity index (χ0v) is 20.7. The van der Waals surface area contributed by atoms with Gasteiger partial charge in [0.25, 0.3) is 5.91 Å². The van der Waals surface area contributed by atoms with Crippen molar-refractivity contribution in [3.8, 4) is 0 Å². The number of nitrogens with zero attached hydrogens (tertiary/aromatic N) is 1. The Bertz CT molecular complexity index is 842. The number of ether oxygens (including phenoxy) is 1. The van der Waals surface area contributed by atoms with Crippen LogP contribution in [0, 0.1) is 11.3 Å². The van der Waals surface area contributed by atoms with E-state index < -0.39 is 35.0 Å². The molecule has 0 aliphatic carbocycles. The van der Waals surface area contributed by atoms with Crippen LogP contribution in [-0.2, 0) is 24.7 Å². The maximum atomic E-state index is 13.6. The summed E-state index contributed by atoms with van der Waals surface area (Å²) >= 11 is 0. The minimum Gasteiger partial charge on any atom is -0.478 e. The highest BCUT2D eigenvalue weighted by Gasteiger charge is 2.42. The molecule has 0 aromatic heterocycles. The summed E-state index contributed by atoms with van der Waals surface area (Å²) in [6.45, 7) is 12.6. The van der Waals surface area contributed by atoms with E-state index in [1.54, 1.807) is 32.2 Å². The van der Waals surface area contributed by atoms with Gasteiger partial charge in [-0.05, 0) is 30.7 Å². The molecule has 0 saturated carbocycles. The van der Waals surface area contributed by atoms with Gasteiger partial charge >= 0.3 is 5.97 Å². The second-order valence-corrected chi connectivity index (χ2v) is 9.71. The highest BCUT2D eigenvalue weighted by atomic mass is 16.5. The van der Waals surface area contributed by atoms with Gasteiger partial charge < -0.3 is 20.1 Å². The van der Waals surface area contributed by atoms with Gasteiger partial charge in [0.15, 0.2) is 5.60 Å². The number of benzene rings is 1. The summed E-state index contributed by atoms with van der Waals surface area (Å²) in [5, 5.41) is 12.2. The molecule has 0 heterocycles. The molecular weight excluding hydrogens is 408 g/mol. The molecule has 0 bridgehead atoms. The third-order valence-corrected chi connectivity index (χ3v) is 5.79. The van der Waals surface area contributed by atoms with Crippen molar-refractivity contribution in [3.63, 3.8) is 0 Å². The van der Waals surface area contributed by atoms with E-state index in [-0.39, 0.29) is 17.4 Å². The Balaban J connectivity index is 3.30. The summed E-state index contributed by atoms with van der Waals surface area (Å²) in [6, 6.07) is 7.82. The van der Waals surface area contributed by atoms with Crippen LogP contribution in [0.1, 0.15) is 54.0 Å². The zero-order valence-electron chi connectivity index (χ0n) is 20.7. The Morgan fingerprint density at radius 3 is 2.03 bits per heavy atom. The van der Waals surface area contributed by atoms with Crippen LogP contribution < -0.4 is 5.32 Å². The van der Waals surface area contributed by atoms with Gasteiger partial charge in [-0.1, -0.05) is 71.0 Å². The van der Waals surface area contributed by atoms with E-state index >= 15 is 0 Å². The lowest BCUT2D eigenvalue weighted by molar-refractivity contribution is -0.149. The molecule has 32 heavy (non-hydrogen) atoms. The number of hydrogen-bond donors (Lipinski definition) is 2. The molecule has 1 rings (SSSR count). The molecule has 0 aliphatic heterocycles. The Kier molecular flexibility index (Phi) is 9.21. The lowest BCUT2D eigenvalue weighted by Crippen LogP contribution is -2.59. The van der Waals surface area contributed by atoms with Gasteiger partial charge in [0.2, 0.25) is 5.91 Å². The molecule has 0 aliphatic rings. The molecule has 3 atom stereocenters. The van der Waals surface area contributed by atoms with Crippen molar-refractivity contribution in [2.24, 2.45) is 11.3 Å². The van der Waals surface area contributed by atoms with Crippen molar-refractivity contribution >= 4 is 17.8 Å². The number of methoxy groups -OCH3 is 1. The number of carboxylic acid groups (broad SMARTS) is 1. The Hall–Kier alpha value is -2.67. The van der Waals surface area contributed by atoms with Crippen LogP contribution in [0.3, 0.4) is 0 Å². The molecule has 0 saturated heterocycles. The minimum absolute atomic E-state index is 0.0249. The fraction of sp³-hybridized carbons (Fsp3) is 0.560. The Morgan fingerprint density at radius 1 is 1.09 bits per heavy atom. The number of aliphatic carboxylic acids is 1. The molecule has 178 valence electrons. The van der Waals surface area contributed by atoms with Crippen molar-refractivity contribution in [2.45, 2.75) is 66.2 Å². The number of carboxylic acids is 1. The van der Waals surface area contributed by atoms with Crippen molar-refractivity contribution in [1.82, 2.24) is 10.2 Å². The van der Waals surface area contributed by atoms with Crippen LogP contribution in [0.15, 0.2) is 42.0 Å². The van der Waals surface area contributed by atoms with Crippen molar-refractivity contribution in [2.75, 3.05) is 14.2 Å². The first-order valence-electron chi connectivity index (χ1n) is 10.8.